The van der Waals surface area contributed by atoms with Gasteiger partial charge < -0.3 is 21.1 Å². The Labute approximate surface area is 122 Å². The van der Waals surface area contributed by atoms with Gasteiger partial charge in [-0.3, -0.25) is 4.79 Å². The van der Waals surface area contributed by atoms with Crippen molar-refractivity contribution in [2.24, 2.45) is 0 Å². The van der Waals surface area contributed by atoms with E-state index in [2.05, 4.69) is 10.2 Å². The summed E-state index contributed by atoms with van der Waals surface area (Å²) in [5, 5.41) is 13.5. The summed E-state index contributed by atoms with van der Waals surface area (Å²) in [6.45, 7) is 1.68. The van der Waals surface area contributed by atoms with E-state index < -0.39 is 0 Å². The molecule has 3 rings (SSSR count). The number of carbonyl (C=O) groups is 1. The molecular weight excluding hydrogens is 274 g/mol. The summed E-state index contributed by atoms with van der Waals surface area (Å²) in [6.07, 6.45) is 3.72. The fourth-order valence-corrected chi connectivity index (χ4v) is 4.10. The van der Waals surface area contributed by atoms with E-state index in [-0.39, 0.29) is 12.0 Å². The second kappa shape index (κ2) is 5.26. The van der Waals surface area contributed by atoms with Crippen LogP contribution >= 0.6 is 11.3 Å². The Kier molecular flexibility index (Phi) is 3.60. The summed E-state index contributed by atoms with van der Waals surface area (Å²) in [4.78, 5) is 14.9. The molecule has 5 nitrogen and oxygen atoms in total. The maximum Gasteiger partial charge on any atom is 0.263 e. The molecule has 0 aromatic carbocycles. The lowest BCUT2D eigenvalue weighted by atomic mass is 10.1. The van der Waals surface area contributed by atoms with Gasteiger partial charge in [0, 0.05) is 25.7 Å². The smallest absolute Gasteiger partial charge is 0.263 e. The third-order valence-corrected chi connectivity index (χ3v) is 5.42. The average molecular weight is 295 g/mol. The van der Waals surface area contributed by atoms with Crippen LogP contribution in [0, 0.1) is 0 Å². The second-order valence-corrected chi connectivity index (χ2v) is 6.63. The molecule has 1 saturated carbocycles. The normalized spacial score (nSPS) is 20.2. The van der Waals surface area contributed by atoms with Gasteiger partial charge in [0.05, 0.1) is 16.8 Å². The van der Waals surface area contributed by atoms with Crippen molar-refractivity contribution in [2.75, 3.05) is 30.8 Å². The van der Waals surface area contributed by atoms with E-state index in [0.717, 1.165) is 43.8 Å². The zero-order valence-electron chi connectivity index (χ0n) is 11.7. The Balaban J connectivity index is 1.94. The highest BCUT2D eigenvalue weighted by Gasteiger charge is 2.35. The molecule has 1 amide bonds. The van der Waals surface area contributed by atoms with Crippen molar-refractivity contribution in [1.29, 1.82) is 0 Å². The number of piperidine rings is 1. The molecule has 1 aliphatic carbocycles. The molecule has 0 unspecified atom stereocenters. The van der Waals surface area contributed by atoms with Crippen LogP contribution in [0.25, 0.3) is 0 Å². The number of nitrogens with zero attached hydrogens (tertiary/aromatic N) is 1. The van der Waals surface area contributed by atoms with Gasteiger partial charge in [0.25, 0.3) is 5.91 Å². The van der Waals surface area contributed by atoms with Crippen molar-refractivity contribution in [3.05, 3.63) is 10.4 Å². The molecule has 1 aliphatic heterocycles. The number of aliphatic hydroxyl groups is 1. The van der Waals surface area contributed by atoms with Crippen LogP contribution in [0.3, 0.4) is 0 Å². The van der Waals surface area contributed by atoms with Gasteiger partial charge in [0.15, 0.2) is 0 Å². The van der Waals surface area contributed by atoms with Crippen LogP contribution < -0.4 is 16.0 Å². The summed E-state index contributed by atoms with van der Waals surface area (Å²) in [5.74, 6) is 0.421. The van der Waals surface area contributed by atoms with E-state index in [1.807, 2.05) is 0 Å². The fraction of sp³-hybridized carbons (Fsp3) is 0.643. The Morgan fingerprint density at radius 2 is 2.00 bits per heavy atom. The van der Waals surface area contributed by atoms with Crippen molar-refractivity contribution in [3.8, 4) is 0 Å². The average Bonchev–Trinajstić information content (AvgIpc) is 3.22. The van der Waals surface area contributed by atoms with E-state index in [1.165, 1.54) is 16.9 Å². The van der Waals surface area contributed by atoms with E-state index in [9.17, 15) is 9.90 Å². The quantitative estimate of drug-likeness (QED) is 0.790. The molecule has 1 saturated heterocycles. The first-order valence-electron chi connectivity index (χ1n) is 7.19. The van der Waals surface area contributed by atoms with E-state index >= 15 is 0 Å². The van der Waals surface area contributed by atoms with Crippen LogP contribution in [-0.2, 0) is 0 Å². The Bertz CT molecular complexity index is 517. The minimum atomic E-state index is -0.189. The van der Waals surface area contributed by atoms with Crippen LogP contribution in [0.4, 0.5) is 10.7 Å². The summed E-state index contributed by atoms with van der Waals surface area (Å²) < 4.78 is 0. The molecular formula is C14H21N3O2S. The Morgan fingerprint density at radius 1 is 1.35 bits per heavy atom. The highest BCUT2D eigenvalue weighted by Crippen LogP contribution is 2.52. The third-order valence-electron chi connectivity index (χ3n) is 4.13. The first-order valence-corrected chi connectivity index (χ1v) is 8.00. The topological polar surface area (TPSA) is 78.6 Å². The molecule has 20 heavy (non-hydrogen) atoms. The number of aliphatic hydroxyl groups excluding tert-OH is 1. The van der Waals surface area contributed by atoms with Gasteiger partial charge in [-0.2, -0.15) is 0 Å². The Hall–Kier alpha value is -1.27. The van der Waals surface area contributed by atoms with E-state index in [4.69, 9.17) is 5.73 Å². The molecule has 110 valence electrons. The van der Waals surface area contributed by atoms with Gasteiger partial charge in [-0.25, -0.2) is 0 Å². The lowest BCUT2D eigenvalue weighted by Gasteiger charge is -2.31. The standard InChI is InChI=1S/C14H21N3O2S/c1-16-13(19)12-11(15)10(8-2-3-8)14(20-12)17-6-4-9(18)5-7-17/h8-9,18H,2-7,15H2,1H3,(H,16,19). The molecule has 0 radical (unpaired) electrons. The molecule has 0 atom stereocenters. The number of anilines is 2. The molecule has 0 bridgehead atoms. The van der Waals surface area contributed by atoms with Crippen molar-refractivity contribution in [3.63, 3.8) is 0 Å². The number of nitrogen functional groups attached to an aromatic ring is 1. The van der Waals surface area contributed by atoms with E-state index in [0.29, 0.717) is 16.5 Å². The van der Waals surface area contributed by atoms with Gasteiger partial charge in [-0.05, 0) is 31.6 Å². The minimum Gasteiger partial charge on any atom is -0.397 e. The third kappa shape index (κ3) is 2.38. The van der Waals surface area contributed by atoms with Crippen molar-refractivity contribution < 1.29 is 9.90 Å². The zero-order valence-corrected chi connectivity index (χ0v) is 12.5. The molecule has 2 heterocycles. The van der Waals surface area contributed by atoms with Crippen LogP contribution in [-0.4, -0.2) is 37.3 Å². The molecule has 2 fully saturated rings. The fourth-order valence-electron chi connectivity index (χ4n) is 2.80. The molecule has 6 heteroatoms. The number of nitrogens with two attached hydrogens (primary N) is 1. The Morgan fingerprint density at radius 3 is 2.55 bits per heavy atom. The predicted molar refractivity (Wildman–Crippen MR) is 81.6 cm³/mol. The SMILES string of the molecule is CNC(=O)c1sc(N2CCC(O)CC2)c(C2CC2)c1N. The van der Waals surface area contributed by atoms with Gasteiger partial charge >= 0.3 is 0 Å². The summed E-state index contributed by atoms with van der Waals surface area (Å²) in [6, 6.07) is 0. The summed E-state index contributed by atoms with van der Waals surface area (Å²) >= 11 is 1.50. The van der Waals surface area contributed by atoms with Gasteiger partial charge in [-0.1, -0.05) is 0 Å². The predicted octanol–water partition coefficient (Wildman–Crippen LogP) is 1.53. The number of amides is 1. The first-order chi connectivity index (χ1) is 9.61. The number of thiophene rings is 1. The molecule has 1 aromatic rings. The summed E-state index contributed by atoms with van der Waals surface area (Å²) in [7, 11) is 1.63. The van der Waals surface area contributed by atoms with Crippen LogP contribution in [0.2, 0.25) is 0 Å². The number of rotatable bonds is 3. The number of hydrogen-bond acceptors (Lipinski definition) is 5. The molecule has 4 N–H and O–H groups in total. The van der Waals surface area contributed by atoms with Crippen molar-refractivity contribution in [2.45, 2.75) is 37.7 Å². The first kappa shape index (κ1) is 13.7. The minimum absolute atomic E-state index is 0.0994. The number of nitrogens with one attached hydrogen (secondary N) is 1. The van der Waals surface area contributed by atoms with Gasteiger partial charge in [0.1, 0.15) is 4.88 Å². The van der Waals surface area contributed by atoms with Crippen LogP contribution in [0.5, 0.6) is 0 Å². The molecule has 2 aliphatic rings. The largest absolute Gasteiger partial charge is 0.397 e. The molecule has 0 spiro atoms. The molecule has 1 aromatic heterocycles. The van der Waals surface area contributed by atoms with Gasteiger partial charge in [-0.15, -0.1) is 11.3 Å². The highest BCUT2D eigenvalue weighted by molar-refractivity contribution is 7.18. The number of carbonyl (C=O) groups excluding carboxylic acids is 1. The highest BCUT2D eigenvalue weighted by atomic mass is 32.1. The second-order valence-electron chi connectivity index (χ2n) is 5.64. The maximum absolute atomic E-state index is 11.9. The maximum atomic E-state index is 11.9. The summed E-state index contributed by atoms with van der Waals surface area (Å²) in [5.41, 5.74) is 8.07. The zero-order chi connectivity index (χ0) is 14.3. The monoisotopic (exact) mass is 295 g/mol. The van der Waals surface area contributed by atoms with Crippen LogP contribution in [0.1, 0.15) is 46.8 Å². The van der Waals surface area contributed by atoms with Crippen molar-refractivity contribution >= 4 is 27.9 Å². The van der Waals surface area contributed by atoms with Gasteiger partial charge in [0.2, 0.25) is 0 Å². The van der Waals surface area contributed by atoms with Crippen LogP contribution in [0.15, 0.2) is 0 Å². The number of hydrogen-bond donors (Lipinski definition) is 3. The van der Waals surface area contributed by atoms with E-state index in [1.54, 1.807) is 7.05 Å². The lowest BCUT2D eigenvalue weighted by molar-refractivity contribution is 0.0968. The van der Waals surface area contributed by atoms with Crippen molar-refractivity contribution in [1.82, 2.24) is 5.32 Å². The lowest BCUT2D eigenvalue weighted by Crippen LogP contribution is -2.35.